The second-order valence-electron chi connectivity index (χ2n) is 4.40. The van der Waals surface area contributed by atoms with Crippen molar-refractivity contribution >= 4 is 5.91 Å². The molecule has 5 heteroatoms. The zero-order chi connectivity index (χ0) is 14.1. The first-order valence-corrected chi connectivity index (χ1v) is 6.29. The summed E-state index contributed by atoms with van der Waals surface area (Å²) in [6.45, 7) is 1.29. The molecule has 19 heavy (non-hydrogen) atoms. The first kappa shape index (κ1) is 15.5. The van der Waals surface area contributed by atoms with Gasteiger partial charge >= 0.3 is 0 Å². The average molecular weight is 266 g/mol. The Labute approximate surface area is 114 Å². The summed E-state index contributed by atoms with van der Waals surface area (Å²) in [5.74, 6) is 0.788. The highest BCUT2D eigenvalue weighted by atomic mass is 16.5. The van der Waals surface area contributed by atoms with E-state index >= 15 is 0 Å². The summed E-state index contributed by atoms with van der Waals surface area (Å²) in [4.78, 5) is 13.4. The second-order valence-corrected chi connectivity index (χ2v) is 4.40. The van der Waals surface area contributed by atoms with Crippen LogP contribution in [0.5, 0.6) is 5.75 Å². The molecule has 1 aromatic rings. The summed E-state index contributed by atoms with van der Waals surface area (Å²) in [6, 6.07) is 9.28. The lowest BCUT2D eigenvalue weighted by atomic mass is 10.3. The first-order valence-electron chi connectivity index (χ1n) is 6.29. The fourth-order valence-corrected chi connectivity index (χ4v) is 1.68. The van der Waals surface area contributed by atoms with Crippen LogP contribution in [0, 0.1) is 0 Å². The quantitative estimate of drug-likeness (QED) is 0.759. The molecule has 0 spiro atoms. The van der Waals surface area contributed by atoms with Crippen LogP contribution in [0.15, 0.2) is 30.3 Å². The van der Waals surface area contributed by atoms with Crippen molar-refractivity contribution in [2.75, 3.05) is 33.9 Å². The van der Waals surface area contributed by atoms with Gasteiger partial charge in [-0.2, -0.15) is 0 Å². The van der Waals surface area contributed by atoms with Gasteiger partial charge < -0.3 is 20.1 Å². The molecule has 0 aromatic heterocycles. The summed E-state index contributed by atoms with van der Waals surface area (Å²) in [6.07, 6.45) is 0.338. The third-order valence-corrected chi connectivity index (χ3v) is 2.64. The van der Waals surface area contributed by atoms with Gasteiger partial charge in [0.05, 0.1) is 19.6 Å². The number of nitrogens with two attached hydrogens (primary N) is 1. The van der Waals surface area contributed by atoms with Crippen LogP contribution in [-0.2, 0) is 9.53 Å². The lowest BCUT2D eigenvalue weighted by Crippen LogP contribution is -2.41. The SMILES string of the molecule is COCC(N)CN(C)C(=O)CCOc1ccccc1. The second kappa shape index (κ2) is 8.50. The topological polar surface area (TPSA) is 64.8 Å². The standard InChI is InChI=1S/C14H22N2O3/c1-16(10-12(15)11-18-2)14(17)8-9-19-13-6-4-3-5-7-13/h3-7,12H,8-11,15H2,1-2H3. The van der Waals surface area contributed by atoms with E-state index in [4.69, 9.17) is 15.2 Å². The minimum Gasteiger partial charge on any atom is -0.493 e. The summed E-state index contributed by atoms with van der Waals surface area (Å²) < 4.78 is 10.4. The molecule has 0 radical (unpaired) electrons. The zero-order valence-corrected chi connectivity index (χ0v) is 11.5. The van der Waals surface area contributed by atoms with Crippen molar-refractivity contribution in [3.05, 3.63) is 30.3 Å². The molecule has 1 aromatic carbocycles. The molecule has 1 atom stereocenters. The molecule has 0 saturated heterocycles. The van der Waals surface area contributed by atoms with E-state index in [0.717, 1.165) is 5.75 Å². The number of hydrogen-bond acceptors (Lipinski definition) is 4. The molecule has 0 aliphatic rings. The number of para-hydroxylation sites is 1. The predicted octanol–water partition coefficient (Wildman–Crippen LogP) is 0.888. The lowest BCUT2D eigenvalue weighted by molar-refractivity contribution is -0.130. The molecule has 0 fully saturated rings. The summed E-state index contributed by atoms with van der Waals surface area (Å²) >= 11 is 0. The number of methoxy groups -OCH3 is 1. The van der Waals surface area contributed by atoms with Crippen LogP contribution in [0.2, 0.25) is 0 Å². The molecule has 5 nitrogen and oxygen atoms in total. The number of nitrogens with zero attached hydrogens (tertiary/aromatic N) is 1. The molecule has 0 aliphatic carbocycles. The zero-order valence-electron chi connectivity index (χ0n) is 11.5. The van der Waals surface area contributed by atoms with Crippen LogP contribution in [0.25, 0.3) is 0 Å². The maximum Gasteiger partial charge on any atom is 0.225 e. The fourth-order valence-electron chi connectivity index (χ4n) is 1.68. The number of carbonyl (C=O) groups is 1. The molecule has 106 valence electrons. The van der Waals surface area contributed by atoms with E-state index in [0.29, 0.717) is 26.2 Å². The lowest BCUT2D eigenvalue weighted by Gasteiger charge is -2.21. The average Bonchev–Trinajstić information content (AvgIpc) is 2.40. The number of likely N-dealkylation sites (N-methyl/N-ethyl adjacent to an activating group) is 1. The van der Waals surface area contributed by atoms with Gasteiger partial charge in [0, 0.05) is 26.7 Å². The van der Waals surface area contributed by atoms with Crippen LogP contribution in [0.4, 0.5) is 0 Å². The maximum absolute atomic E-state index is 11.8. The smallest absolute Gasteiger partial charge is 0.225 e. The predicted molar refractivity (Wildman–Crippen MR) is 74.0 cm³/mol. The summed E-state index contributed by atoms with van der Waals surface area (Å²) in [5, 5.41) is 0. The van der Waals surface area contributed by atoms with Crippen LogP contribution >= 0.6 is 0 Å². The Bertz CT molecular complexity index is 370. The Hall–Kier alpha value is -1.59. The van der Waals surface area contributed by atoms with Crippen molar-refractivity contribution < 1.29 is 14.3 Å². The van der Waals surface area contributed by atoms with E-state index in [9.17, 15) is 4.79 Å². The summed E-state index contributed by atoms with van der Waals surface area (Å²) in [5.41, 5.74) is 5.79. The number of rotatable bonds is 8. The van der Waals surface area contributed by atoms with Gasteiger partial charge in [0.25, 0.3) is 0 Å². The third-order valence-electron chi connectivity index (χ3n) is 2.64. The summed E-state index contributed by atoms with van der Waals surface area (Å²) in [7, 11) is 3.33. The minimum atomic E-state index is -0.158. The van der Waals surface area contributed by atoms with Crippen molar-refractivity contribution in [2.24, 2.45) is 5.73 Å². The molecule has 1 rings (SSSR count). The van der Waals surface area contributed by atoms with Gasteiger partial charge in [0.15, 0.2) is 0 Å². The molecule has 2 N–H and O–H groups in total. The van der Waals surface area contributed by atoms with Crippen molar-refractivity contribution in [1.82, 2.24) is 4.90 Å². The molecule has 0 bridgehead atoms. The molecular formula is C14H22N2O3. The molecule has 0 saturated carbocycles. The van der Waals surface area contributed by atoms with E-state index in [1.54, 1.807) is 19.1 Å². The van der Waals surface area contributed by atoms with Gasteiger partial charge in [-0.25, -0.2) is 0 Å². The molecular weight excluding hydrogens is 244 g/mol. The Balaban J connectivity index is 2.23. The molecule has 0 heterocycles. The Kier molecular flexibility index (Phi) is 6.92. The van der Waals surface area contributed by atoms with Crippen molar-refractivity contribution in [3.8, 4) is 5.75 Å². The maximum atomic E-state index is 11.8. The fraction of sp³-hybridized carbons (Fsp3) is 0.500. The Morgan fingerprint density at radius 1 is 1.37 bits per heavy atom. The van der Waals surface area contributed by atoms with E-state index in [1.165, 1.54) is 0 Å². The number of carbonyl (C=O) groups excluding carboxylic acids is 1. The third kappa shape index (κ3) is 6.22. The van der Waals surface area contributed by atoms with Gasteiger partial charge in [-0.15, -0.1) is 0 Å². The van der Waals surface area contributed by atoms with Crippen LogP contribution in [0.3, 0.4) is 0 Å². The van der Waals surface area contributed by atoms with E-state index < -0.39 is 0 Å². The van der Waals surface area contributed by atoms with Gasteiger partial charge in [-0.1, -0.05) is 18.2 Å². The normalized spacial score (nSPS) is 11.9. The molecule has 1 unspecified atom stereocenters. The number of amides is 1. The number of ether oxygens (including phenoxy) is 2. The van der Waals surface area contributed by atoms with Gasteiger partial charge in [-0.05, 0) is 12.1 Å². The molecule has 1 amide bonds. The van der Waals surface area contributed by atoms with Gasteiger partial charge in [0.1, 0.15) is 5.75 Å². The monoisotopic (exact) mass is 266 g/mol. The van der Waals surface area contributed by atoms with Crippen molar-refractivity contribution in [1.29, 1.82) is 0 Å². The van der Waals surface area contributed by atoms with Crippen molar-refractivity contribution in [2.45, 2.75) is 12.5 Å². The van der Waals surface area contributed by atoms with Gasteiger partial charge in [0.2, 0.25) is 5.91 Å². The van der Waals surface area contributed by atoms with Gasteiger partial charge in [-0.3, -0.25) is 4.79 Å². The van der Waals surface area contributed by atoms with E-state index in [-0.39, 0.29) is 11.9 Å². The van der Waals surface area contributed by atoms with Crippen molar-refractivity contribution in [3.63, 3.8) is 0 Å². The number of hydrogen-bond donors (Lipinski definition) is 1. The van der Waals surface area contributed by atoms with Crippen LogP contribution in [-0.4, -0.2) is 50.8 Å². The van der Waals surface area contributed by atoms with E-state index in [2.05, 4.69) is 0 Å². The Morgan fingerprint density at radius 3 is 2.68 bits per heavy atom. The van der Waals surface area contributed by atoms with Crippen LogP contribution in [0.1, 0.15) is 6.42 Å². The molecule has 0 aliphatic heterocycles. The highest BCUT2D eigenvalue weighted by molar-refractivity contribution is 5.76. The largest absolute Gasteiger partial charge is 0.493 e. The minimum absolute atomic E-state index is 0.0162. The number of benzene rings is 1. The van der Waals surface area contributed by atoms with E-state index in [1.807, 2.05) is 30.3 Å². The Morgan fingerprint density at radius 2 is 2.05 bits per heavy atom. The highest BCUT2D eigenvalue weighted by Gasteiger charge is 2.12. The highest BCUT2D eigenvalue weighted by Crippen LogP contribution is 2.08. The first-order chi connectivity index (χ1) is 9.13. The van der Waals surface area contributed by atoms with Crippen LogP contribution < -0.4 is 10.5 Å².